The molecule has 6 saturated heterocycles. The second-order valence-electron chi connectivity index (χ2n) is 17.2. The highest BCUT2D eigenvalue weighted by Crippen LogP contribution is 2.43. The maximum absolute atomic E-state index is 11.8. The van der Waals surface area contributed by atoms with Gasteiger partial charge in [0.25, 0.3) is 0 Å². The molecule has 0 unspecified atom stereocenters. The minimum Gasteiger partial charge on any atom is -0.389 e. The van der Waals surface area contributed by atoms with Gasteiger partial charge < -0.3 is 78.6 Å². The molecule has 1 saturated carbocycles. The van der Waals surface area contributed by atoms with Gasteiger partial charge in [0.15, 0.2) is 36.2 Å². The number of hydrogen-bond acceptors (Lipinski definition) is 20. The van der Waals surface area contributed by atoms with Gasteiger partial charge in [-0.1, -0.05) is 15.3 Å². The lowest BCUT2D eigenvalue weighted by Crippen LogP contribution is -2.66. The highest BCUT2D eigenvalue weighted by molar-refractivity contribution is 5.07. The smallest absolute Gasteiger partial charge is 0.188 e. The molecule has 7 aliphatic rings. The largest absolute Gasteiger partial charge is 0.389 e. The molecule has 330 valence electrons. The molecule has 0 radical (unpaired) electrons. The highest BCUT2D eigenvalue weighted by atomic mass is 16.9. The van der Waals surface area contributed by atoms with Crippen molar-refractivity contribution in [3.63, 3.8) is 0 Å². The fourth-order valence-electron chi connectivity index (χ4n) is 9.27. The Balaban J connectivity index is 1.11. The van der Waals surface area contributed by atoms with Crippen molar-refractivity contribution in [3.8, 4) is 0 Å². The van der Waals surface area contributed by atoms with Crippen molar-refractivity contribution < 1.29 is 73.3 Å². The Morgan fingerprint density at radius 1 is 0.593 bits per heavy atom. The zero-order valence-electron chi connectivity index (χ0n) is 33.2. The van der Waals surface area contributed by atoms with Crippen molar-refractivity contribution >= 4 is 0 Å². The van der Waals surface area contributed by atoms with Crippen molar-refractivity contribution in [2.24, 2.45) is 15.3 Å². The van der Waals surface area contributed by atoms with E-state index in [9.17, 15) is 47.2 Å². The van der Waals surface area contributed by atoms with Crippen LogP contribution in [0.2, 0.25) is 0 Å². The SMILES string of the molecule is CC1(C)O[C@H]2O[C@H]([C@@H](O)CN[C@@H]3C[C@H](N(C[C@H](O)[C@H]4O[C@@H]5OC(C)(C)O[C@@H]5[C@H]4N=[N+]=[N-])C[C@H](O)[C@H]4O[C@@H]5OC(C)(C)O[C@@H]5[C@H]4N=[N+]=[N-])[C@@H](O)[C@H](O)[C@H]3O)[C@H](N=[N+]=[N-])[C@H]2O1. The summed E-state index contributed by atoms with van der Waals surface area (Å²) in [6.45, 7) is 8.88. The molecule has 26 nitrogen and oxygen atoms in total. The number of fused-ring (bicyclic) bond motifs is 3. The summed E-state index contributed by atoms with van der Waals surface area (Å²) in [5, 5.41) is 83.2. The molecule has 7 fully saturated rings. The first kappa shape index (κ1) is 44.3. The Morgan fingerprint density at radius 2 is 0.966 bits per heavy atom. The van der Waals surface area contributed by atoms with Crippen molar-refractivity contribution in [1.29, 1.82) is 0 Å². The van der Waals surface area contributed by atoms with Gasteiger partial charge in [0.2, 0.25) is 0 Å². The summed E-state index contributed by atoms with van der Waals surface area (Å²) in [4.78, 5) is 10.2. The maximum Gasteiger partial charge on any atom is 0.188 e. The summed E-state index contributed by atoms with van der Waals surface area (Å²) in [6.07, 6.45) is -18.5. The molecule has 20 atom stereocenters. The van der Waals surface area contributed by atoms with E-state index in [1.165, 1.54) is 4.90 Å². The van der Waals surface area contributed by atoms with Crippen molar-refractivity contribution in [1.82, 2.24) is 10.2 Å². The minimum absolute atomic E-state index is 0.142. The summed E-state index contributed by atoms with van der Waals surface area (Å²) >= 11 is 0. The molecule has 26 heteroatoms. The molecule has 59 heavy (non-hydrogen) atoms. The first-order chi connectivity index (χ1) is 27.8. The third kappa shape index (κ3) is 8.82. The summed E-state index contributed by atoms with van der Waals surface area (Å²) < 4.78 is 53.0. The quantitative estimate of drug-likeness (QED) is 0.0616. The summed E-state index contributed by atoms with van der Waals surface area (Å²) in [5.74, 6) is -3.16. The molecule has 1 aliphatic carbocycles. The number of rotatable bonds is 14. The van der Waals surface area contributed by atoms with Crippen LogP contribution in [0.4, 0.5) is 0 Å². The van der Waals surface area contributed by atoms with E-state index in [2.05, 4.69) is 35.4 Å². The van der Waals surface area contributed by atoms with Gasteiger partial charge in [-0.2, -0.15) is 0 Å². The lowest BCUT2D eigenvalue weighted by atomic mass is 9.82. The molecule has 0 bridgehead atoms. The van der Waals surface area contributed by atoms with Crippen molar-refractivity contribution in [3.05, 3.63) is 31.3 Å². The second-order valence-corrected chi connectivity index (χ2v) is 17.2. The van der Waals surface area contributed by atoms with E-state index in [1.807, 2.05) is 0 Å². The van der Waals surface area contributed by atoms with Crippen LogP contribution in [0.25, 0.3) is 31.3 Å². The molecule has 6 aliphatic heterocycles. The number of azide groups is 3. The maximum atomic E-state index is 11.8. The number of aliphatic hydroxyl groups is 6. The van der Waals surface area contributed by atoms with Gasteiger partial charge in [0.05, 0.1) is 67.0 Å². The molecular formula is C33H53N11O15. The second kappa shape index (κ2) is 16.8. The predicted octanol–water partition coefficient (Wildman–Crippen LogP) is -1.15. The number of nitrogens with one attached hydrogen (secondary N) is 1. The van der Waals surface area contributed by atoms with E-state index in [4.69, 9.17) is 42.6 Å². The zero-order valence-corrected chi connectivity index (χ0v) is 33.2. The van der Waals surface area contributed by atoms with E-state index < -0.39 is 153 Å². The average Bonchev–Trinajstić information content (AvgIpc) is 3.96. The van der Waals surface area contributed by atoms with Gasteiger partial charge in [0.1, 0.15) is 24.4 Å². The van der Waals surface area contributed by atoms with Crippen LogP contribution < -0.4 is 5.32 Å². The Kier molecular flexibility index (Phi) is 12.7. The van der Waals surface area contributed by atoms with Crippen LogP contribution in [-0.4, -0.2) is 195 Å². The molecular weight excluding hydrogens is 790 g/mol. The molecule has 7 rings (SSSR count). The van der Waals surface area contributed by atoms with Gasteiger partial charge in [-0.25, -0.2) is 0 Å². The minimum atomic E-state index is -1.79. The molecule has 0 amide bonds. The fraction of sp³-hybridized carbons (Fsp3) is 1.00. The standard InChI is InChI=1S/C33H53N11O15/c1-31(2)54-25-16(38-41-34)22(51-28(25)57-31)13(45)8-37-11-7-12(20(49)21(50)19(11)48)44(9-14(46)23-17(39-42-35)26-29(52-23)58-32(3,4)55-26)10-15(47)24-18(40-43-36)27-30(53-24)59-33(5,6)56-27/h11-30,37,45-50H,7-10H2,1-6H3/t11-,12+,13+,14+,15+,16+,17+,18+,19+,20-,21-,22-,23-,24-,25-,26-,27-,28-,29-,30-/m1/s1. The van der Waals surface area contributed by atoms with Crippen LogP contribution in [0, 0.1) is 0 Å². The molecule has 6 heterocycles. The first-order valence-corrected chi connectivity index (χ1v) is 19.5. The normalized spacial score (nSPS) is 45.4. The zero-order chi connectivity index (χ0) is 42.8. The summed E-state index contributed by atoms with van der Waals surface area (Å²) in [5.41, 5.74) is 28.1. The van der Waals surface area contributed by atoms with Gasteiger partial charge in [-0.3, -0.25) is 4.90 Å². The van der Waals surface area contributed by atoms with Gasteiger partial charge in [-0.15, -0.1) is 0 Å². The van der Waals surface area contributed by atoms with Crippen LogP contribution in [-0.2, 0) is 42.6 Å². The van der Waals surface area contributed by atoms with E-state index in [1.54, 1.807) is 41.5 Å². The average molecular weight is 844 g/mol. The van der Waals surface area contributed by atoms with Crippen molar-refractivity contribution in [2.45, 2.75) is 188 Å². The Morgan fingerprint density at radius 3 is 1.34 bits per heavy atom. The number of ether oxygens (including phenoxy) is 9. The summed E-state index contributed by atoms with van der Waals surface area (Å²) in [7, 11) is 0. The lowest BCUT2D eigenvalue weighted by molar-refractivity contribution is -0.221. The third-order valence-corrected chi connectivity index (χ3v) is 11.8. The molecule has 0 spiro atoms. The fourth-order valence-corrected chi connectivity index (χ4v) is 9.27. The number of aliphatic hydroxyl groups excluding tert-OH is 6. The Labute approximate surface area is 337 Å². The first-order valence-electron chi connectivity index (χ1n) is 19.5. The Hall–Kier alpha value is -2.75. The van der Waals surface area contributed by atoms with Crippen LogP contribution in [0.1, 0.15) is 48.0 Å². The van der Waals surface area contributed by atoms with Gasteiger partial charge in [0, 0.05) is 46.5 Å². The number of hydrogen-bond donors (Lipinski definition) is 7. The molecule has 0 aromatic rings. The topological polar surface area (TPSA) is 366 Å². The van der Waals surface area contributed by atoms with Crippen molar-refractivity contribution in [2.75, 3.05) is 19.6 Å². The van der Waals surface area contributed by atoms with Gasteiger partial charge >= 0.3 is 0 Å². The molecule has 7 N–H and O–H groups in total. The van der Waals surface area contributed by atoms with Crippen LogP contribution in [0.15, 0.2) is 15.3 Å². The monoisotopic (exact) mass is 843 g/mol. The number of nitrogens with zero attached hydrogens (tertiary/aromatic N) is 10. The van der Waals surface area contributed by atoms with Crippen LogP contribution in [0.3, 0.4) is 0 Å². The summed E-state index contributed by atoms with van der Waals surface area (Å²) in [6, 6.07) is -5.26. The van der Waals surface area contributed by atoms with E-state index >= 15 is 0 Å². The Bertz CT molecular complexity index is 1610. The molecule has 0 aromatic carbocycles. The van der Waals surface area contributed by atoms with E-state index in [0.717, 1.165) is 0 Å². The molecule has 0 aromatic heterocycles. The predicted molar refractivity (Wildman–Crippen MR) is 193 cm³/mol. The van der Waals surface area contributed by atoms with Gasteiger partial charge in [-0.05, 0) is 64.6 Å². The third-order valence-electron chi connectivity index (χ3n) is 11.8. The highest BCUT2D eigenvalue weighted by Gasteiger charge is 2.60. The van der Waals surface area contributed by atoms with Crippen LogP contribution >= 0.6 is 0 Å². The van der Waals surface area contributed by atoms with Crippen LogP contribution in [0.5, 0.6) is 0 Å². The van der Waals surface area contributed by atoms with E-state index in [0.29, 0.717) is 0 Å². The lowest BCUT2D eigenvalue weighted by Gasteiger charge is -2.47. The van der Waals surface area contributed by atoms with E-state index in [-0.39, 0.29) is 13.0 Å².